The van der Waals surface area contributed by atoms with Crippen LogP contribution in [0, 0.1) is 20.8 Å². The Morgan fingerprint density at radius 2 is 1.75 bits per heavy atom. The molecule has 1 aromatic rings. The molecule has 0 amide bonds. The number of carbonyl (C=O) groups excluding carboxylic acids is 1. The van der Waals surface area contributed by atoms with E-state index in [1.54, 1.807) is 13.0 Å². The van der Waals surface area contributed by atoms with Crippen LogP contribution in [-0.2, 0) is 9.53 Å². The molecule has 1 N–H and O–H groups in total. The first-order valence-corrected chi connectivity index (χ1v) is 6.11. The fraction of sp³-hybridized carbons (Fsp3) is 0.500. The average Bonchev–Trinajstić information content (AvgIpc) is 2.33. The molecule has 6 heteroatoms. The molecule has 0 aliphatic heterocycles. The second-order valence-electron chi connectivity index (χ2n) is 4.75. The molecule has 0 saturated carbocycles. The molecule has 1 rings (SSSR count). The van der Waals surface area contributed by atoms with Crippen molar-refractivity contribution in [1.29, 1.82) is 0 Å². The van der Waals surface area contributed by atoms with Crippen LogP contribution in [0.3, 0.4) is 0 Å². The quantitative estimate of drug-likeness (QED) is 0.866. The third-order valence-corrected chi connectivity index (χ3v) is 3.14. The lowest BCUT2D eigenvalue weighted by Crippen LogP contribution is -2.37. The summed E-state index contributed by atoms with van der Waals surface area (Å²) >= 11 is 0. The minimum atomic E-state index is -4.39. The van der Waals surface area contributed by atoms with Crippen molar-refractivity contribution in [3.05, 3.63) is 34.4 Å². The van der Waals surface area contributed by atoms with Gasteiger partial charge in [0.2, 0.25) is 0 Å². The van der Waals surface area contributed by atoms with E-state index < -0.39 is 24.7 Å². The molecule has 0 aliphatic carbocycles. The van der Waals surface area contributed by atoms with Crippen LogP contribution in [0.5, 0.6) is 0 Å². The molecule has 0 bridgehead atoms. The van der Waals surface area contributed by atoms with Gasteiger partial charge in [-0.1, -0.05) is 12.1 Å². The van der Waals surface area contributed by atoms with Crippen molar-refractivity contribution in [3.8, 4) is 0 Å². The van der Waals surface area contributed by atoms with Crippen molar-refractivity contribution in [1.82, 2.24) is 5.32 Å². The van der Waals surface area contributed by atoms with Gasteiger partial charge in [-0.3, -0.25) is 5.32 Å². The van der Waals surface area contributed by atoms with E-state index in [2.05, 4.69) is 10.1 Å². The summed E-state index contributed by atoms with van der Waals surface area (Å²) < 4.78 is 41.6. The molecule has 0 aliphatic rings. The van der Waals surface area contributed by atoms with Crippen LogP contribution in [0.1, 0.15) is 28.3 Å². The molecule has 0 saturated heterocycles. The number of alkyl halides is 3. The number of rotatable bonds is 4. The molecule has 20 heavy (non-hydrogen) atoms. The Morgan fingerprint density at radius 1 is 1.20 bits per heavy atom. The molecular weight excluding hydrogens is 271 g/mol. The smallest absolute Gasteiger partial charge is 0.401 e. The first-order valence-electron chi connectivity index (χ1n) is 6.11. The van der Waals surface area contributed by atoms with Gasteiger partial charge in [0.1, 0.15) is 6.04 Å². The highest BCUT2D eigenvalue weighted by atomic mass is 19.4. The van der Waals surface area contributed by atoms with E-state index in [1.807, 2.05) is 19.9 Å². The van der Waals surface area contributed by atoms with Crippen molar-refractivity contribution in [2.24, 2.45) is 0 Å². The number of halogens is 3. The predicted molar refractivity (Wildman–Crippen MR) is 69.5 cm³/mol. The number of hydrogen-bond acceptors (Lipinski definition) is 3. The monoisotopic (exact) mass is 289 g/mol. The molecule has 112 valence electrons. The van der Waals surface area contributed by atoms with Crippen molar-refractivity contribution < 1.29 is 22.7 Å². The molecule has 1 aromatic carbocycles. The van der Waals surface area contributed by atoms with Crippen LogP contribution < -0.4 is 5.32 Å². The van der Waals surface area contributed by atoms with Crippen molar-refractivity contribution in [3.63, 3.8) is 0 Å². The summed E-state index contributed by atoms with van der Waals surface area (Å²) in [4.78, 5) is 11.7. The fourth-order valence-corrected chi connectivity index (χ4v) is 1.95. The van der Waals surface area contributed by atoms with Gasteiger partial charge in [0.05, 0.1) is 13.7 Å². The van der Waals surface area contributed by atoms with Crippen LogP contribution in [0.15, 0.2) is 12.1 Å². The van der Waals surface area contributed by atoms with Crippen LogP contribution in [0.2, 0.25) is 0 Å². The number of carbonyl (C=O) groups is 1. The fourth-order valence-electron chi connectivity index (χ4n) is 1.95. The van der Waals surface area contributed by atoms with Crippen molar-refractivity contribution >= 4 is 5.97 Å². The van der Waals surface area contributed by atoms with Crippen molar-refractivity contribution in [2.45, 2.75) is 33.0 Å². The second-order valence-corrected chi connectivity index (χ2v) is 4.75. The minimum absolute atomic E-state index is 0.504. The number of methoxy groups -OCH3 is 1. The van der Waals surface area contributed by atoms with Crippen LogP contribution in [0.4, 0.5) is 13.2 Å². The summed E-state index contributed by atoms with van der Waals surface area (Å²) in [5.74, 6) is -0.736. The van der Waals surface area contributed by atoms with E-state index in [0.29, 0.717) is 5.56 Å². The van der Waals surface area contributed by atoms with Crippen LogP contribution in [-0.4, -0.2) is 25.8 Å². The Bertz CT molecular complexity index is 498. The van der Waals surface area contributed by atoms with Gasteiger partial charge in [-0.05, 0) is 43.0 Å². The maximum atomic E-state index is 12.3. The average molecular weight is 289 g/mol. The summed E-state index contributed by atoms with van der Waals surface area (Å²) in [5.41, 5.74) is 3.18. The van der Waals surface area contributed by atoms with E-state index >= 15 is 0 Å². The number of hydrogen-bond donors (Lipinski definition) is 1. The van der Waals surface area contributed by atoms with E-state index in [4.69, 9.17) is 0 Å². The maximum absolute atomic E-state index is 12.3. The minimum Gasteiger partial charge on any atom is -0.468 e. The summed E-state index contributed by atoms with van der Waals surface area (Å²) in [5, 5.41) is 2.21. The molecular formula is C14H18F3NO2. The Labute approximate surface area is 116 Å². The summed E-state index contributed by atoms with van der Waals surface area (Å²) in [7, 11) is 1.15. The van der Waals surface area contributed by atoms with Gasteiger partial charge in [-0.2, -0.15) is 13.2 Å². The summed E-state index contributed by atoms with van der Waals surface area (Å²) in [6.07, 6.45) is -4.39. The first kappa shape index (κ1) is 16.5. The molecule has 0 aromatic heterocycles. The zero-order valence-electron chi connectivity index (χ0n) is 11.9. The number of ether oxygens (including phenoxy) is 1. The topological polar surface area (TPSA) is 38.3 Å². The zero-order chi connectivity index (χ0) is 15.5. The van der Waals surface area contributed by atoms with Gasteiger partial charge < -0.3 is 4.74 Å². The standard InChI is InChI=1S/C14H18F3NO2/c1-8-5-10(3)11(6-9(8)2)12(13(19)20-4)18-7-14(15,16)17/h5-6,12,18H,7H2,1-4H3. The summed E-state index contributed by atoms with van der Waals surface area (Å²) in [6, 6.07) is 2.44. The molecule has 0 heterocycles. The van der Waals surface area contributed by atoms with Gasteiger partial charge in [0, 0.05) is 0 Å². The summed E-state index contributed by atoms with van der Waals surface area (Å²) in [6.45, 7) is 4.25. The molecule has 1 unspecified atom stereocenters. The van der Waals surface area contributed by atoms with E-state index in [1.165, 1.54) is 0 Å². The molecule has 3 nitrogen and oxygen atoms in total. The second kappa shape index (κ2) is 6.26. The normalized spacial score (nSPS) is 13.2. The van der Waals surface area contributed by atoms with E-state index in [-0.39, 0.29) is 0 Å². The van der Waals surface area contributed by atoms with Gasteiger partial charge >= 0.3 is 12.1 Å². The highest BCUT2D eigenvalue weighted by Crippen LogP contribution is 2.24. The molecule has 0 fully saturated rings. The molecule has 0 radical (unpaired) electrons. The van der Waals surface area contributed by atoms with Gasteiger partial charge in [0.15, 0.2) is 0 Å². The van der Waals surface area contributed by atoms with Gasteiger partial charge in [0.25, 0.3) is 0 Å². The van der Waals surface area contributed by atoms with Crippen LogP contribution >= 0.6 is 0 Å². The highest BCUT2D eigenvalue weighted by Gasteiger charge is 2.31. The van der Waals surface area contributed by atoms with Crippen molar-refractivity contribution in [2.75, 3.05) is 13.7 Å². The van der Waals surface area contributed by atoms with Crippen LogP contribution in [0.25, 0.3) is 0 Å². The zero-order valence-corrected chi connectivity index (χ0v) is 11.9. The molecule has 0 spiro atoms. The Hall–Kier alpha value is -1.56. The Kier molecular flexibility index (Phi) is 5.16. The third-order valence-electron chi connectivity index (χ3n) is 3.14. The third kappa shape index (κ3) is 4.23. The lowest BCUT2D eigenvalue weighted by Gasteiger charge is -2.21. The van der Waals surface area contributed by atoms with E-state index in [9.17, 15) is 18.0 Å². The SMILES string of the molecule is COC(=O)C(NCC(F)(F)F)c1cc(C)c(C)cc1C. The number of nitrogens with one attached hydrogen (secondary N) is 1. The predicted octanol–water partition coefficient (Wildman–Crippen LogP) is 2.98. The first-order chi connectivity index (χ1) is 9.15. The lowest BCUT2D eigenvalue weighted by molar-refractivity contribution is -0.146. The number of aryl methyl sites for hydroxylation is 3. The Balaban J connectivity index is 3.11. The van der Waals surface area contributed by atoms with E-state index in [0.717, 1.165) is 23.8 Å². The highest BCUT2D eigenvalue weighted by molar-refractivity contribution is 5.78. The number of esters is 1. The Morgan fingerprint density at radius 3 is 2.25 bits per heavy atom. The maximum Gasteiger partial charge on any atom is 0.401 e. The van der Waals surface area contributed by atoms with Gasteiger partial charge in [-0.15, -0.1) is 0 Å². The lowest BCUT2D eigenvalue weighted by atomic mass is 9.95. The van der Waals surface area contributed by atoms with Gasteiger partial charge in [-0.25, -0.2) is 4.79 Å². The number of benzene rings is 1. The molecule has 1 atom stereocenters. The largest absolute Gasteiger partial charge is 0.468 e.